The van der Waals surface area contributed by atoms with E-state index in [0.717, 1.165) is 23.2 Å². The lowest BCUT2D eigenvalue weighted by molar-refractivity contribution is 0.302. The van der Waals surface area contributed by atoms with Gasteiger partial charge in [-0.1, -0.05) is 30.3 Å². The third-order valence-electron chi connectivity index (χ3n) is 7.15. The number of benzene rings is 3. The van der Waals surface area contributed by atoms with Crippen molar-refractivity contribution >= 4 is 25.5 Å². The van der Waals surface area contributed by atoms with Gasteiger partial charge in [0.15, 0.2) is 9.84 Å². The molecule has 2 heterocycles. The number of aryl methyl sites for hydroxylation is 1. The van der Waals surface area contributed by atoms with Crippen LogP contribution >= 0.6 is 0 Å². The number of nitriles is 1. The second-order valence-electron chi connectivity index (χ2n) is 9.97. The molecule has 0 bridgehead atoms. The van der Waals surface area contributed by atoms with Crippen LogP contribution in [0.3, 0.4) is 0 Å². The van der Waals surface area contributed by atoms with Gasteiger partial charge in [-0.3, -0.25) is 0 Å². The summed E-state index contributed by atoms with van der Waals surface area (Å²) in [5.41, 5.74) is 3.98. The Morgan fingerprint density at radius 2 is 1.73 bits per heavy atom. The fourth-order valence-corrected chi connectivity index (χ4v) is 7.29. The summed E-state index contributed by atoms with van der Waals surface area (Å²) in [5, 5.41) is 9.55. The summed E-state index contributed by atoms with van der Waals surface area (Å²) >= 11 is 0. The molecule has 40 heavy (non-hydrogen) atoms. The summed E-state index contributed by atoms with van der Waals surface area (Å²) in [6.45, 7) is 0.977. The molecule has 4 aromatic rings. The van der Waals surface area contributed by atoms with Crippen LogP contribution in [0.5, 0.6) is 0 Å². The van der Waals surface area contributed by atoms with Gasteiger partial charge in [-0.25, -0.2) is 21.8 Å². The molecule has 1 aliphatic rings. The van der Waals surface area contributed by atoms with Crippen LogP contribution in [0, 0.1) is 11.3 Å². The maximum atomic E-state index is 14.1. The predicted octanol–water partition coefficient (Wildman–Crippen LogP) is 3.52. The van der Waals surface area contributed by atoms with Crippen LogP contribution in [-0.4, -0.2) is 49.5 Å². The van der Waals surface area contributed by atoms with E-state index in [0.29, 0.717) is 30.6 Å². The molecule has 3 aromatic carbocycles. The van der Waals surface area contributed by atoms with E-state index in [1.165, 1.54) is 16.4 Å². The summed E-state index contributed by atoms with van der Waals surface area (Å²) < 4.78 is 55.6. The average molecular weight is 576 g/mol. The van der Waals surface area contributed by atoms with Gasteiger partial charge >= 0.3 is 0 Å². The number of rotatable bonds is 8. The number of nitrogens with zero attached hydrogens (tertiary/aromatic N) is 5. The molecule has 1 atom stereocenters. The van der Waals surface area contributed by atoms with E-state index in [1.54, 1.807) is 61.1 Å². The SMILES string of the molecule is Cn1cncc1CN1CC(N(Cc2ccc(S(C)(=O)=O)cc2)S(=O)(=O)c2ccccc2)Cc2cc(C#N)ccc21. The number of imidazole rings is 1. The largest absolute Gasteiger partial charge is 0.364 e. The molecule has 1 aromatic heterocycles. The Hall–Kier alpha value is -3.98. The second-order valence-corrected chi connectivity index (χ2v) is 13.9. The number of sulfonamides is 1. The Balaban J connectivity index is 1.57. The van der Waals surface area contributed by atoms with Gasteiger partial charge in [0.2, 0.25) is 10.0 Å². The quantitative estimate of drug-likeness (QED) is 0.316. The maximum Gasteiger partial charge on any atom is 0.243 e. The molecule has 0 fully saturated rings. The van der Waals surface area contributed by atoms with E-state index in [1.807, 2.05) is 23.7 Å². The van der Waals surface area contributed by atoms with Gasteiger partial charge < -0.3 is 9.47 Å². The zero-order valence-electron chi connectivity index (χ0n) is 22.2. The normalized spacial score (nSPS) is 15.6. The van der Waals surface area contributed by atoms with E-state index < -0.39 is 25.9 Å². The molecule has 0 aliphatic carbocycles. The molecule has 0 N–H and O–H groups in total. The lowest BCUT2D eigenvalue weighted by Gasteiger charge is -2.41. The first-order valence-corrected chi connectivity index (χ1v) is 16.0. The molecule has 0 saturated heterocycles. The van der Waals surface area contributed by atoms with Crippen molar-refractivity contribution in [2.75, 3.05) is 17.7 Å². The van der Waals surface area contributed by atoms with E-state index >= 15 is 0 Å². The third kappa shape index (κ3) is 5.65. The van der Waals surface area contributed by atoms with Crippen molar-refractivity contribution in [3.63, 3.8) is 0 Å². The van der Waals surface area contributed by atoms with Crippen LogP contribution in [0.1, 0.15) is 22.4 Å². The molecule has 1 aliphatic heterocycles. The minimum atomic E-state index is -3.94. The van der Waals surface area contributed by atoms with Gasteiger partial charge in [0.1, 0.15) is 0 Å². The van der Waals surface area contributed by atoms with Crippen molar-refractivity contribution in [3.05, 3.63) is 108 Å². The first-order valence-electron chi connectivity index (χ1n) is 12.7. The molecule has 5 rings (SSSR count). The maximum absolute atomic E-state index is 14.1. The fourth-order valence-electron chi connectivity index (χ4n) is 5.03. The van der Waals surface area contributed by atoms with Crippen LogP contribution < -0.4 is 4.90 Å². The van der Waals surface area contributed by atoms with Crippen molar-refractivity contribution < 1.29 is 16.8 Å². The Kier molecular flexibility index (Phi) is 7.51. The van der Waals surface area contributed by atoms with Crippen LogP contribution in [0.2, 0.25) is 0 Å². The Bertz CT molecular complexity index is 1780. The first kappa shape index (κ1) is 27.6. The molecular formula is C29H29N5O4S2. The molecule has 11 heteroatoms. The van der Waals surface area contributed by atoms with E-state index in [-0.39, 0.29) is 16.3 Å². The van der Waals surface area contributed by atoms with E-state index in [2.05, 4.69) is 16.0 Å². The van der Waals surface area contributed by atoms with Crippen molar-refractivity contribution in [1.82, 2.24) is 13.9 Å². The Labute approximate surface area is 234 Å². The van der Waals surface area contributed by atoms with Crippen LogP contribution in [0.4, 0.5) is 5.69 Å². The highest BCUT2D eigenvalue weighted by Crippen LogP contribution is 2.34. The van der Waals surface area contributed by atoms with Gasteiger partial charge in [-0.2, -0.15) is 9.57 Å². The summed E-state index contributed by atoms with van der Waals surface area (Å²) in [6, 6.07) is 21.9. The molecule has 9 nitrogen and oxygen atoms in total. The third-order valence-corrected chi connectivity index (χ3v) is 10.2. The van der Waals surface area contributed by atoms with Gasteiger partial charge in [0, 0.05) is 44.3 Å². The number of hydrogen-bond acceptors (Lipinski definition) is 7. The summed E-state index contributed by atoms with van der Waals surface area (Å²) in [6.07, 6.45) is 5.07. The van der Waals surface area contributed by atoms with Crippen molar-refractivity contribution in [1.29, 1.82) is 5.26 Å². The van der Waals surface area contributed by atoms with E-state index in [9.17, 15) is 22.1 Å². The zero-order chi connectivity index (χ0) is 28.5. The monoisotopic (exact) mass is 575 g/mol. The minimum absolute atomic E-state index is 0.0543. The van der Waals surface area contributed by atoms with Gasteiger partial charge in [0.05, 0.1) is 40.0 Å². The molecule has 0 spiro atoms. The average Bonchev–Trinajstić information content (AvgIpc) is 3.35. The number of hydrogen-bond donors (Lipinski definition) is 0. The predicted molar refractivity (Wildman–Crippen MR) is 152 cm³/mol. The molecule has 1 unspecified atom stereocenters. The highest BCUT2D eigenvalue weighted by Gasteiger charge is 2.36. The molecule has 0 saturated carbocycles. The molecular weight excluding hydrogens is 546 g/mol. The second kappa shape index (κ2) is 10.9. The van der Waals surface area contributed by atoms with Gasteiger partial charge in [0.25, 0.3) is 0 Å². The lowest BCUT2D eigenvalue weighted by atomic mass is 9.95. The topological polar surface area (TPSA) is 116 Å². The number of fused-ring (bicyclic) bond motifs is 1. The van der Waals surface area contributed by atoms with Crippen LogP contribution in [0.25, 0.3) is 0 Å². The van der Waals surface area contributed by atoms with Gasteiger partial charge in [-0.05, 0) is 60.0 Å². The molecule has 0 radical (unpaired) electrons. The highest BCUT2D eigenvalue weighted by atomic mass is 32.2. The summed E-state index contributed by atoms with van der Waals surface area (Å²) in [7, 11) is -5.42. The van der Waals surface area contributed by atoms with Gasteiger partial charge in [-0.15, -0.1) is 0 Å². The van der Waals surface area contributed by atoms with Crippen molar-refractivity contribution in [2.45, 2.75) is 35.3 Å². The number of anilines is 1. The summed E-state index contributed by atoms with van der Waals surface area (Å²) in [4.78, 5) is 6.71. The molecule has 206 valence electrons. The molecule has 0 amide bonds. The lowest BCUT2D eigenvalue weighted by Crippen LogP contribution is -2.50. The Morgan fingerprint density at radius 3 is 2.35 bits per heavy atom. The number of aromatic nitrogens is 2. The first-order chi connectivity index (χ1) is 19.1. The fraction of sp³-hybridized carbons (Fsp3) is 0.241. The zero-order valence-corrected chi connectivity index (χ0v) is 23.8. The van der Waals surface area contributed by atoms with Crippen LogP contribution in [0.15, 0.2) is 95.1 Å². The van der Waals surface area contributed by atoms with Crippen molar-refractivity contribution in [3.8, 4) is 6.07 Å². The Morgan fingerprint density at radius 1 is 1.00 bits per heavy atom. The standard InChI is InChI=1S/C29H29N5O4S2/c1-32-21-31-17-26(32)20-33-19-25(15-24-14-23(16-30)10-13-29(24)33)34(40(37,38)28-6-4-3-5-7-28)18-22-8-11-27(12-9-22)39(2,35)36/h3-14,17,21,25H,15,18-20H2,1-2H3. The van der Waals surface area contributed by atoms with Crippen molar-refractivity contribution in [2.24, 2.45) is 7.05 Å². The highest BCUT2D eigenvalue weighted by molar-refractivity contribution is 7.90. The van der Waals surface area contributed by atoms with E-state index in [4.69, 9.17) is 0 Å². The van der Waals surface area contributed by atoms with Crippen LogP contribution in [-0.2, 0) is 46.4 Å². The smallest absolute Gasteiger partial charge is 0.243 e. The number of sulfone groups is 1. The minimum Gasteiger partial charge on any atom is -0.364 e. The summed E-state index contributed by atoms with van der Waals surface area (Å²) in [5.74, 6) is 0.